The maximum absolute atomic E-state index is 12.3. The third kappa shape index (κ3) is 7.68. The molecule has 0 radical (unpaired) electrons. The molecule has 7 heteroatoms. The van der Waals surface area contributed by atoms with Crippen LogP contribution in [0.5, 0.6) is 0 Å². The maximum Gasteiger partial charge on any atom is 0.303 e. The van der Waals surface area contributed by atoms with Gasteiger partial charge in [-0.1, -0.05) is 19.6 Å². The predicted molar refractivity (Wildman–Crippen MR) is 86.0 cm³/mol. The van der Waals surface area contributed by atoms with Gasteiger partial charge in [-0.3, -0.25) is 9.59 Å². The van der Waals surface area contributed by atoms with E-state index in [0.717, 1.165) is 0 Å². The minimum absolute atomic E-state index is 0.387. The van der Waals surface area contributed by atoms with E-state index in [1.54, 1.807) is 0 Å². The molecule has 0 saturated carbocycles. The highest BCUT2D eigenvalue weighted by Crippen LogP contribution is 2.27. The molecule has 0 aliphatic heterocycles. The standard InChI is InChI=1S/C12H28O4Si3/c1-17(2,3)10(11(13)15-18(4,5)6)12(14)16-19(7,8)9/h10H,1-9H3. The minimum Gasteiger partial charge on any atom is -0.519 e. The molecular weight excluding hydrogens is 292 g/mol. The fourth-order valence-corrected chi connectivity index (χ4v) is 4.74. The molecule has 112 valence electrons. The minimum atomic E-state index is -2.02. The van der Waals surface area contributed by atoms with Gasteiger partial charge in [-0.15, -0.1) is 0 Å². The summed E-state index contributed by atoms with van der Waals surface area (Å²) < 4.78 is 11.0. The molecule has 0 bridgehead atoms. The van der Waals surface area contributed by atoms with Crippen LogP contribution in [0.15, 0.2) is 0 Å². The van der Waals surface area contributed by atoms with E-state index in [4.69, 9.17) is 8.85 Å². The Kier molecular flexibility index (Phi) is 5.80. The average Bonchev–Trinajstić information content (AvgIpc) is 1.90. The highest BCUT2D eigenvalue weighted by molar-refractivity contribution is 6.85. The molecule has 19 heavy (non-hydrogen) atoms. The van der Waals surface area contributed by atoms with Crippen LogP contribution in [0.3, 0.4) is 0 Å². The van der Waals surface area contributed by atoms with Crippen LogP contribution in [-0.2, 0) is 18.4 Å². The van der Waals surface area contributed by atoms with Crippen LogP contribution < -0.4 is 0 Å². The van der Waals surface area contributed by atoms with Crippen molar-refractivity contribution in [3.8, 4) is 0 Å². The summed E-state index contributed by atoms with van der Waals surface area (Å²) in [7, 11) is -6.00. The predicted octanol–water partition coefficient (Wildman–Crippen LogP) is 3.45. The zero-order valence-corrected chi connectivity index (χ0v) is 16.7. The highest BCUT2D eigenvalue weighted by Gasteiger charge is 2.44. The Balaban J connectivity index is 5.15. The van der Waals surface area contributed by atoms with Crippen LogP contribution in [0, 0.1) is 0 Å². The van der Waals surface area contributed by atoms with Crippen molar-refractivity contribution in [2.24, 2.45) is 0 Å². The summed E-state index contributed by atoms with van der Waals surface area (Å²) in [6.07, 6.45) is 0. The number of rotatable bonds is 5. The normalized spacial score (nSPS) is 13.4. The molecule has 0 aromatic heterocycles. The summed E-state index contributed by atoms with van der Waals surface area (Å²) in [5, 5.41) is 0. The number of hydrogen-bond donors (Lipinski definition) is 0. The molecule has 0 aromatic rings. The molecule has 0 amide bonds. The molecular formula is C12H28O4Si3. The number of carbonyl (C=O) groups excluding carboxylic acids is 2. The molecule has 0 saturated heterocycles. The number of carbonyl (C=O) groups is 2. The van der Waals surface area contributed by atoms with E-state index in [2.05, 4.69) is 0 Å². The summed E-state index contributed by atoms with van der Waals surface area (Å²) in [4.78, 5) is 24.6. The molecule has 4 nitrogen and oxygen atoms in total. The lowest BCUT2D eigenvalue weighted by atomic mass is 10.4. The molecule has 0 aliphatic rings. The first-order valence-corrected chi connectivity index (χ1v) is 17.0. The van der Waals surface area contributed by atoms with Crippen LogP contribution in [0.1, 0.15) is 0 Å². The van der Waals surface area contributed by atoms with Crippen molar-refractivity contribution in [3.05, 3.63) is 0 Å². The molecule has 0 fully saturated rings. The van der Waals surface area contributed by atoms with E-state index in [0.29, 0.717) is 0 Å². The average molecular weight is 321 g/mol. The van der Waals surface area contributed by atoms with Crippen LogP contribution >= 0.6 is 0 Å². The third-order valence-electron chi connectivity index (χ3n) is 2.15. The van der Waals surface area contributed by atoms with E-state index < -0.39 is 30.2 Å². The van der Waals surface area contributed by atoms with Gasteiger partial charge in [-0.25, -0.2) is 0 Å². The van der Waals surface area contributed by atoms with Crippen LogP contribution in [0.2, 0.25) is 64.5 Å². The van der Waals surface area contributed by atoms with Crippen molar-refractivity contribution in [1.29, 1.82) is 0 Å². The zero-order valence-electron chi connectivity index (χ0n) is 13.7. The van der Waals surface area contributed by atoms with Gasteiger partial charge < -0.3 is 8.85 Å². The first kappa shape index (κ1) is 18.6. The zero-order chi connectivity index (χ0) is 15.6. The van der Waals surface area contributed by atoms with Crippen LogP contribution in [0.25, 0.3) is 0 Å². The van der Waals surface area contributed by atoms with E-state index in [1.807, 2.05) is 58.9 Å². The topological polar surface area (TPSA) is 52.6 Å². The van der Waals surface area contributed by atoms with Crippen molar-refractivity contribution in [1.82, 2.24) is 0 Å². The van der Waals surface area contributed by atoms with Crippen molar-refractivity contribution in [3.63, 3.8) is 0 Å². The Morgan fingerprint density at radius 3 is 1.11 bits per heavy atom. The van der Waals surface area contributed by atoms with Gasteiger partial charge in [0.05, 0.1) is 8.07 Å². The van der Waals surface area contributed by atoms with Gasteiger partial charge in [0, 0.05) is 0 Å². The fraction of sp³-hybridized carbons (Fsp3) is 0.833. The Morgan fingerprint density at radius 2 is 0.947 bits per heavy atom. The second-order valence-corrected chi connectivity index (χ2v) is 22.0. The lowest BCUT2D eigenvalue weighted by Gasteiger charge is -2.30. The Labute approximate surface area is 120 Å². The van der Waals surface area contributed by atoms with Crippen molar-refractivity contribution < 1.29 is 18.4 Å². The second-order valence-electron chi connectivity index (χ2n) is 7.87. The summed E-state index contributed by atoms with van der Waals surface area (Å²) in [6, 6.07) is 0. The summed E-state index contributed by atoms with van der Waals surface area (Å²) in [5.41, 5.74) is -0.717. The summed E-state index contributed by atoms with van der Waals surface area (Å²) in [5.74, 6) is -0.775. The van der Waals surface area contributed by atoms with E-state index in [-0.39, 0.29) is 11.9 Å². The Hall–Kier alpha value is -0.409. The van der Waals surface area contributed by atoms with Gasteiger partial charge in [-0.05, 0) is 39.3 Å². The molecule has 0 spiro atoms. The molecule has 0 aliphatic carbocycles. The SMILES string of the molecule is C[Si](C)(C)OC(=O)C(C(=O)O[Si](C)(C)C)[Si](C)(C)C. The monoisotopic (exact) mass is 320 g/mol. The van der Waals surface area contributed by atoms with E-state index >= 15 is 0 Å². The van der Waals surface area contributed by atoms with E-state index in [9.17, 15) is 9.59 Å². The van der Waals surface area contributed by atoms with Crippen LogP contribution in [-0.4, -0.2) is 36.6 Å². The van der Waals surface area contributed by atoms with Gasteiger partial charge in [0.25, 0.3) is 0 Å². The number of hydrogen-bond acceptors (Lipinski definition) is 4. The quantitative estimate of drug-likeness (QED) is 0.575. The summed E-state index contributed by atoms with van der Waals surface area (Å²) >= 11 is 0. The lowest BCUT2D eigenvalue weighted by Crippen LogP contribution is -2.46. The van der Waals surface area contributed by atoms with Gasteiger partial charge in [0.1, 0.15) is 5.54 Å². The van der Waals surface area contributed by atoms with Gasteiger partial charge in [0.15, 0.2) is 0 Å². The van der Waals surface area contributed by atoms with Crippen LogP contribution in [0.4, 0.5) is 0 Å². The Morgan fingerprint density at radius 1 is 0.684 bits per heavy atom. The first-order valence-electron chi connectivity index (χ1n) is 6.59. The van der Waals surface area contributed by atoms with Gasteiger partial charge >= 0.3 is 11.9 Å². The molecule has 0 rings (SSSR count). The molecule has 0 heterocycles. The molecule has 0 N–H and O–H groups in total. The highest BCUT2D eigenvalue weighted by atomic mass is 28.4. The molecule has 0 unspecified atom stereocenters. The lowest BCUT2D eigenvalue weighted by molar-refractivity contribution is -0.145. The smallest absolute Gasteiger partial charge is 0.303 e. The first-order chi connectivity index (χ1) is 8.13. The van der Waals surface area contributed by atoms with Crippen molar-refractivity contribution >= 4 is 36.6 Å². The van der Waals surface area contributed by atoms with E-state index in [1.165, 1.54) is 0 Å². The molecule has 0 aromatic carbocycles. The third-order valence-corrected chi connectivity index (χ3v) is 5.98. The second kappa shape index (κ2) is 5.92. The summed E-state index contributed by atoms with van der Waals surface area (Å²) in [6.45, 7) is 17.6. The van der Waals surface area contributed by atoms with Crippen molar-refractivity contribution in [2.75, 3.05) is 0 Å². The van der Waals surface area contributed by atoms with Crippen molar-refractivity contribution in [2.45, 2.75) is 64.5 Å². The largest absolute Gasteiger partial charge is 0.519 e. The molecule has 0 atom stereocenters. The van der Waals surface area contributed by atoms with Gasteiger partial charge in [-0.2, -0.15) is 0 Å². The fourth-order valence-electron chi connectivity index (χ4n) is 1.52. The maximum atomic E-state index is 12.3. The van der Waals surface area contributed by atoms with Gasteiger partial charge in [0.2, 0.25) is 16.6 Å². The Bertz CT molecular complexity index is 319.